The van der Waals surface area contributed by atoms with Gasteiger partial charge in [0.05, 0.1) is 84.4 Å². The molecule has 0 N–H and O–H groups in total. The van der Waals surface area contributed by atoms with Crippen LogP contribution in [0.4, 0.5) is 5.69 Å². The lowest BCUT2D eigenvalue weighted by Gasteiger charge is -2.27. The molecule has 0 fully saturated rings. The molecule has 5 aromatic heterocycles. The number of fused-ring (bicyclic) bond motifs is 19. The molecule has 0 radical (unpaired) electrons. The Morgan fingerprint density at radius 3 is 1.31 bits per heavy atom. The van der Waals surface area contributed by atoms with Crippen LogP contribution in [-0.4, -0.2) is 18.3 Å². The summed E-state index contributed by atoms with van der Waals surface area (Å²) in [6.45, 7) is 9.95. The highest BCUT2D eigenvalue weighted by atomic mass is 16.3. The molecule has 0 saturated carbocycles. The monoisotopic (exact) mass is 1050 g/mol. The second kappa shape index (κ2) is 16.9. The average molecular weight is 1060 g/mol. The Morgan fingerprint density at radius 1 is 0.337 bits per heavy atom. The highest BCUT2D eigenvalue weighted by Gasteiger charge is 2.35. The fraction of sp³-hybridized carbons (Fsp3) is 0. The van der Waals surface area contributed by atoms with Gasteiger partial charge in [0, 0.05) is 48.5 Å². The van der Waals surface area contributed by atoms with Gasteiger partial charge < -0.3 is 22.7 Å². The predicted molar refractivity (Wildman–Crippen MR) is 343 cm³/mol. The Hall–Kier alpha value is -11.6. The molecular formula is C76H42N6O. The second-order valence-corrected chi connectivity index (χ2v) is 21.6. The minimum absolute atomic E-state index is 0.329. The van der Waals surface area contributed by atoms with Crippen molar-refractivity contribution in [3.8, 4) is 39.9 Å². The van der Waals surface area contributed by atoms with Crippen LogP contribution in [0.15, 0.2) is 259 Å². The van der Waals surface area contributed by atoms with Crippen LogP contribution in [-0.2, 0) is 0 Å². The molecule has 0 bridgehead atoms. The number of hydrogen-bond donors (Lipinski definition) is 0. The third-order valence-electron chi connectivity index (χ3n) is 17.6. The zero-order valence-electron chi connectivity index (χ0n) is 44.3. The number of furan rings is 1. The Bertz CT molecular complexity index is 5670. The van der Waals surface area contributed by atoms with Crippen molar-refractivity contribution >= 4 is 136 Å². The molecule has 7 nitrogen and oxygen atoms in total. The number of benzene rings is 13. The van der Waals surface area contributed by atoms with Gasteiger partial charge in [-0.2, -0.15) is 5.26 Å². The molecule has 0 saturated heterocycles. The molecule has 0 aliphatic heterocycles. The van der Waals surface area contributed by atoms with Crippen LogP contribution in [0, 0.1) is 17.9 Å². The topological polar surface area (TPSA) is 61.0 Å². The third-order valence-corrected chi connectivity index (χ3v) is 17.6. The Labute approximate surface area is 473 Å². The zero-order valence-corrected chi connectivity index (χ0v) is 44.3. The van der Waals surface area contributed by atoms with Crippen molar-refractivity contribution in [3.05, 3.63) is 272 Å². The van der Waals surface area contributed by atoms with Gasteiger partial charge in [-0.15, -0.1) is 0 Å². The zero-order chi connectivity index (χ0) is 54.6. The molecule has 0 atom stereocenters. The molecule has 0 unspecified atom stereocenters. The van der Waals surface area contributed by atoms with Crippen molar-refractivity contribution in [1.82, 2.24) is 18.3 Å². The van der Waals surface area contributed by atoms with E-state index >= 15 is 0 Å². The SMILES string of the molecule is [C-]#[N+]c1c(-n2c3ccccc3c3ccccc32)c(C#N)c(-n2c3ccccc3c3ccccc32)c(-n2c3cc(-c4cc5ccccc5c5ccccc45)ccc3c3ccc4oc5ccccc5c4c32)c1-n1c2ccccc2c2ccccc21. The highest BCUT2D eigenvalue weighted by Crippen LogP contribution is 2.53. The van der Waals surface area contributed by atoms with Crippen LogP contribution in [0.2, 0.25) is 0 Å². The number of para-hydroxylation sites is 7. The van der Waals surface area contributed by atoms with Crippen molar-refractivity contribution < 1.29 is 4.42 Å². The largest absolute Gasteiger partial charge is 0.456 e. The van der Waals surface area contributed by atoms with E-state index < -0.39 is 0 Å². The molecule has 0 amide bonds. The molecular weight excluding hydrogens is 1010 g/mol. The summed E-state index contributed by atoms with van der Waals surface area (Å²) in [4.78, 5) is 4.84. The van der Waals surface area contributed by atoms with Crippen LogP contribution in [0.3, 0.4) is 0 Å². The normalized spacial score (nSPS) is 12.1. The van der Waals surface area contributed by atoms with Crippen LogP contribution in [0.1, 0.15) is 5.56 Å². The van der Waals surface area contributed by atoms with Crippen molar-refractivity contribution in [2.24, 2.45) is 0 Å². The lowest BCUT2D eigenvalue weighted by molar-refractivity contribution is 0.669. The van der Waals surface area contributed by atoms with Gasteiger partial charge in [0.25, 0.3) is 0 Å². The van der Waals surface area contributed by atoms with Gasteiger partial charge in [-0.25, -0.2) is 4.85 Å². The maximum atomic E-state index is 12.8. The smallest absolute Gasteiger partial charge is 0.237 e. The van der Waals surface area contributed by atoms with Crippen LogP contribution < -0.4 is 0 Å². The third kappa shape index (κ3) is 6.04. The summed E-state index contributed by atoms with van der Waals surface area (Å²) in [5.74, 6) is 0. The first-order valence-corrected chi connectivity index (χ1v) is 27.9. The molecule has 83 heavy (non-hydrogen) atoms. The van der Waals surface area contributed by atoms with E-state index in [1.165, 1.54) is 10.8 Å². The standard InChI is InChI=1S/C76H42N6O/c1-78-71-73(79-61-31-13-6-24-50(61)51-25-7-14-32-62(51)79)60(44-77)74(80-63-33-15-8-26-52(63)53-27-9-16-34-64(53)80)76(75(71)81-65-35-17-10-28-54(65)55-29-11-18-36-66(55)81)82-67-43-46(59-42-45-20-2-3-21-47(45)48-22-4-5-23-49(48)59)38-39-56(67)57-40-41-69-70(72(57)82)58-30-12-19-37-68(58)83-69/h2-43H. The Morgan fingerprint density at radius 2 is 0.771 bits per heavy atom. The Kier molecular flexibility index (Phi) is 9.23. The summed E-state index contributed by atoms with van der Waals surface area (Å²) < 4.78 is 16.1. The van der Waals surface area contributed by atoms with E-state index in [1.807, 2.05) is 24.3 Å². The van der Waals surface area contributed by atoms with Crippen molar-refractivity contribution in [2.45, 2.75) is 0 Å². The van der Waals surface area contributed by atoms with Crippen LogP contribution >= 0.6 is 0 Å². The molecule has 0 spiro atoms. The summed E-state index contributed by atoms with van der Waals surface area (Å²) in [5, 5.41) is 27.6. The van der Waals surface area contributed by atoms with Gasteiger partial charge in [0.15, 0.2) is 0 Å². The minimum atomic E-state index is 0.329. The van der Waals surface area contributed by atoms with Crippen molar-refractivity contribution in [3.63, 3.8) is 0 Å². The van der Waals surface area contributed by atoms with Gasteiger partial charge in [-0.05, 0) is 99.4 Å². The Balaban J connectivity index is 1.16. The van der Waals surface area contributed by atoms with Gasteiger partial charge in [-0.3, -0.25) is 0 Å². The van der Waals surface area contributed by atoms with E-state index in [1.54, 1.807) is 0 Å². The molecule has 18 rings (SSSR count). The van der Waals surface area contributed by atoms with E-state index in [4.69, 9.17) is 9.26 Å². The lowest BCUT2D eigenvalue weighted by Crippen LogP contribution is -2.14. The maximum Gasteiger partial charge on any atom is 0.237 e. The molecule has 18 aromatic rings. The summed E-state index contributed by atoms with van der Waals surface area (Å²) in [6, 6.07) is 92.9. The fourth-order valence-electron chi connectivity index (χ4n) is 14.3. The summed E-state index contributed by atoms with van der Waals surface area (Å²) in [6.07, 6.45) is 0. The number of nitrogens with zero attached hydrogens (tertiary/aromatic N) is 6. The van der Waals surface area contributed by atoms with E-state index in [0.717, 1.165) is 131 Å². The minimum Gasteiger partial charge on any atom is -0.456 e. The maximum absolute atomic E-state index is 12.8. The molecule has 7 heteroatoms. The summed E-state index contributed by atoms with van der Waals surface area (Å²) in [5.41, 5.74) is 14.0. The molecule has 5 heterocycles. The fourth-order valence-corrected chi connectivity index (χ4v) is 14.3. The number of aromatic nitrogens is 4. The summed E-state index contributed by atoms with van der Waals surface area (Å²) in [7, 11) is 0. The molecule has 0 aliphatic carbocycles. The van der Waals surface area contributed by atoms with Gasteiger partial charge in [-0.1, -0.05) is 188 Å². The molecule has 13 aromatic carbocycles. The number of nitriles is 1. The van der Waals surface area contributed by atoms with Crippen molar-refractivity contribution in [1.29, 1.82) is 5.26 Å². The number of rotatable bonds is 5. The molecule has 0 aliphatic rings. The van der Waals surface area contributed by atoms with Gasteiger partial charge in [0.2, 0.25) is 5.69 Å². The van der Waals surface area contributed by atoms with E-state index in [9.17, 15) is 11.8 Å². The predicted octanol–water partition coefficient (Wildman–Crippen LogP) is 20.4. The van der Waals surface area contributed by atoms with Crippen molar-refractivity contribution in [2.75, 3.05) is 0 Å². The summed E-state index contributed by atoms with van der Waals surface area (Å²) >= 11 is 0. The first kappa shape index (κ1) is 45.2. The number of hydrogen-bond acceptors (Lipinski definition) is 2. The van der Waals surface area contributed by atoms with E-state index in [2.05, 4.69) is 255 Å². The first-order valence-electron chi connectivity index (χ1n) is 27.9. The van der Waals surface area contributed by atoms with Gasteiger partial charge >= 0.3 is 0 Å². The van der Waals surface area contributed by atoms with Crippen LogP contribution in [0.25, 0.3) is 169 Å². The van der Waals surface area contributed by atoms with E-state index in [0.29, 0.717) is 34.0 Å². The quantitative estimate of drug-likeness (QED) is 0.127. The second-order valence-electron chi connectivity index (χ2n) is 21.6. The average Bonchev–Trinajstić information content (AvgIpc) is 1.92. The highest BCUT2D eigenvalue weighted by molar-refractivity contribution is 6.26. The first-order chi connectivity index (χ1) is 41.2. The van der Waals surface area contributed by atoms with Gasteiger partial charge in [0.1, 0.15) is 17.2 Å². The lowest BCUT2D eigenvalue weighted by atomic mass is 9.93. The van der Waals surface area contributed by atoms with E-state index in [-0.39, 0.29) is 0 Å². The molecule has 382 valence electrons. The van der Waals surface area contributed by atoms with Crippen LogP contribution in [0.5, 0.6) is 0 Å².